The first-order valence-electron chi connectivity index (χ1n) is 8.86. The van der Waals surface area contributed by atoms with Gasteiger partial charge in [-0.05, 0) is 25.7 Å². The van der Waals surface area contributed by atoms with E-state index in [0.717, 1.165) is 32.1 Å². The highest BCUT2D eigenvalue weighted by atomic mass is 16.5. The molecule has 1 aliphatic heterocycles. The molecule has 0 spiro atoms. The van der Waals surface area contributed by atoms with E-state index in [1.165, 1.54) is 4.90 Å². The predicted octanol–water partition coefficient (Wildman–Crippen LogP) is 1.55. The number of amides is 3. The summed E-state index contributed by atoms with van der Waals surface area (Å²) >= 11 is 0. The van der Waals surface area contributed by atoms with E-state index in [0.29, 0.717) is 19.4 Å². The lowest BCUT2D eigenvalue weighted by molar-refractivity contribution is -0.150. The second kappa shape index (κ2) is 10.3. The summed E-state index contributed by atoms with van der Waals surface area (Å²) in [6.07, 6.45) is 5.88. The Bertz CT molecular complexity index is 440. The van der Waals surface area contributed by atoms with Crippen molar-refractivity contribution in [2.75, 3.05) is 20.6 Å². The SMILES string of the molecule is CCCCC[C@H](CC(=O)NO)C(=O)N1CCCC[C@H]1C(=O)N(C)C. The number of likely N-dealkylation sites (N-methyl/N-ethyl adjacent to an activating group) is 1. The Morgan fingerprint density at radius 3 is 2.54 bits per heavy atom. The Kier molecular flexibility index (Phi) is 8.74. The van der Waals surface area contributed by atoms with Crippen molar-refractivity contribution in [3.8, 4) is 0 Å². The van der Waals surface area contributed by atoms with Crippen LogP contribution in [0.25, 0.3) is 0 Å². The molecule has 3 amide bonds. The van der Waals surface area contributed by atoms with Crippen LogP contribution in [0.4, 0.5) is 0 Å². The zero-order valence-corrected chi connectivity index (χ0v) is 15.1. The Morgan fingerprint density at radius 1 is 1.25 bits per heavy atom. The maximum atomic E-state index is 13.0. The van der Waals surface area contributed by atoms with Crippen LogP contribution in [0.2, 0.25) is 0 Å². The van der Waals surface area contributed by atoms with Crippen molar-refractivity contribution in [2.45, 2.75) is 64.3 Å². The Hall–Kier alpha value is -1.63. The van der Waals surface area contributed by atoms with Gasteiger partial charge in [0.05, 0.1) is 0 Å². The molecule has 0 aromatic rings. The van der Waals surface area contributed by atoms with Crippen molar-refractivity contribution in [2.24, 2.45) is 5.92 Å². The number of hydrogen-bond donors (Lipinski definition) is 2. The Balaban J connectivity index is 2.87. The summed E-state index contributed by atoms with van der Waals surface area (Å²) in [4.78, 5) is 40.1. The van der Waals surface area contributed by atoms with Gasteiger partial charge in [-0.15, -0.1) is 0 Å². The summed E-state index contributed by atoms with van der Waals surface area (Å²) in [5.74, 6) is -1.26. The molecule has 7 heteroatoms. The number of unbranched alkanes of at least 4 members (excludes halogenated alkanes) is 2. The van der Waals surface area contributed by atoms with Crippen molar-refractivity contribution < 1.29 is 19.6 Å². The van der Waals surface area contributed by atoms with Crippen LogP contribution in [0.5, 0.6) is 0 Å². The van der Waals surface area contributed by atoms with Crippen LogP contribution < -0.4 is 5.48 Å². The molecule has 2 atom stereocenters. The fourth-order valence-corrected chi connectivity index (χ4v) is 3.21. The maximum absolute atomic E-state index is 13.0. The number of nitrogens with one attached hydrogen (secondary N) is 1. The third kappa shape index (κ3) is 5.78. The first-order chi connectivity index (χ1) is 11.4. The standard InChI is InChI=1S/C17H31N3O4/c1-4-5-6-9-13(12-15(21)18-24)16(22)20-11-8-7-10-14(20)17(23)19(2)3/h13-14,24H,4-12H2,1-3H3,(H,18,21)/t13-,14+/m1/s1. The second-order valence-electron chi connectivity index (χ2n) is 6.71. The van der Waals surface area contributed by atoms with E-state index in [1.54, 1.807) is 24.5 Å². The lowest BCUT2D eigenvalue weighted by Gasteiger charge is -2.38. The summed E-state index contributed by atoms with van der Waals surface area (Å²) in [6, 6.07) is -0.438. The van der Waals surface area contributed by atoms with Crippen molar-refractivity contribution in [1.29, 1.82) is 0 Å². The number of piperidine rings is 1. The van der Waals surface area contributed by atoms with Crippen LogP contribution in [0.1, 0.15) is 58.3 Å². The smallest absolute Gasteiger partial charge is 0.244 e. The van der Waals surface area contributed by atoms with E-state index < -0.39 is 17.9 Å². The number of nitrogens with zero attached hydrogens (tertiary/aromatic N) is 2. The molecule has 0 bridgehead atoms. The molecule has 1 heterocycles. The summed E-state index contributed by atoms with van der Waals surface area (Å²) in [6.45, 7) is 2.63. The molecule has 24 heavy (non-hydrogen) atoms. The molecule has 1 aliphatic rings. The fourth-order valence-electron chi connectivity index (χ4n) is 3.21. The lowest BCUT2D eigenvalue weighted by atomic mass is 9.92. The van der Waals surface area contributed by atoms with Crippen molar-refractivity contribution in [1.82, 2.24) is 15.3 Å². The number of likely N-dealkylation sites (tertiary alicyclic amines) is 1. The van der Waals surface area contributed by atoms with Gasteiger partial charge in [0.2, 0.25) is 17.7 Å². The Labute approximate surface area is 144 Å². The maximum Gasteiger partial charge on any atom is 0.244 e. The Morgan fingerprint density at radius 2 is 1.96 bits per heavy atom. The summed E-state index contributed by atoms with van der Waals surface area (Å²) in [7, 11) is 3.38. The van der Waals surface area contributed by atoms with E-state index in [2.05, 4.69) is 6.92 Å². The van der Waals surface area contributed by atoms with Crippen molar-refractivity contribution >= 4 is 17.7 Å². The summed E-state index contributed by atoms with van der Waals surface area (Å²) < 4.78 is 0. The summed E-state index contributed by atoms with van der Waals surface area (Å²) in [5, 5.41) is 8.78. The van der Waals surface area contributed by atoms with Crippen LogP contribution in [0.3, 0.4) is 0 Å². The zero-order chi connectivity index (χ0) is 18.1. The topological polar surface area (TPSA) is 90.0 Å². The second-order valence-corrected chi connectivity index (χ2v) is 6.71. The molecule has 0 unspecified atom stereocenters. The molecule has 1 rings (SSSR count). The third-order valence-corrected chi connectivity index (χ3v) is 4.57. The van der Waals surface area contributed by atoms with E-state index in [4.69, 9.17) is 5.21 Å². The van der Waals surface area contributed by atoms with Crippen LogP contribution in [0.15, 0.2) is 0 Å². The molecule has 2 N–H and O–H groups in total. The number of hydroxylamine groups is 1. The molecule has 1 fully saturated rings. The molecule has 0 saturated carbocycles. The van der Waals surface area contributed by atoms with E-state index in [9.17, 15) is 14.4 Å². The highest BCUT2D eigenvalue weighted by molar-refractivity contribution is 5.90. The molecule has 0 aromatic carbocycles. The molecule has 0 aromatic heterocycles. The van der Waals surface area contributed by atoms with E-state index in [-0.39, 0.29) is 18.2 Å². The van der Waals surface area contributed by atoms with Crippen molar-refractivity contribution in [3.05, 3.63) is 0 Å². The normalized spacial score (nSPS) is 18.8. The first kappa shape index (κ1) is 20.4. The highest BCUT2D eigenvalue weighted by Crippen LogP contribution is 2.24. The van der Waals surface area contributed by atoms with E-state index >= 15 is 0 Å². The quantitative estimate of drug-likeness (QED) is 0.398. The molecule has 1 saturated heterocycles. The van der Waals surface area contributed by atoms with Crippen LogP contribution >= 0.6 is 0 Å². The average molecular weight is 341 g/mol. The average Bonchev–Trinajstić information content (AvgIpc) is 2.59. The number of carbonyl (C=O) groups is 3. The number of rotatable bonds is 8. The van der Waals surface area contributed by atoms with E-state index in [1.807, 2.05) is 0 Å². The monoisotopic (exact) mass is 341 g/mol. The lowest BCUT2D eigenvalue weighted by Crippen LogP contribution is -2.53. The minimum atomic E-state index is -0.558. The van der Waals surface area contributed by atoms with Gasteiger partial charge < -0.3 is 9.80 Å². The first-order valence-corrected chi connectivity index (χ1v) is 8.86. The minimum Gasteiger partial charge on any atom is -0.347 e. The fraction of sp³-hybridized carbons (Fsp3) is 0.824. The predicted molar refractivity (Wildman–Crippen MR) is 90.2 cm³/mol. The van der Waals surface area contributed by atoms with Gasteiger partial charge in [0.25, 0.3) is 0 Å². The van der Waals surface area contributed by atoms with Gasteiger partial charge in [-0.3, -0.25) is 19.6 Å². The third-order valence-electron chi connectivity index (χ3n) is 4.57. The summed E-state index contributed by atoms with van der Waals surface area (Å²) in [5.41, 5.74) is 1.61. The number of carbonyl (C=O) groups excluding carboxylic acids is 3. The van der Waals surface area contributed by atoms with Gasteiger partial charge in [-0.1, -0.05) is 26.2 Å². The van der Waals surface area contributed by atoms with Crippen LogP contribution in [0, 0.1) is 5.92 Å². The largest absolute Gasteiger partial charge is 0.347 e. The van der Waals surface area contributed by atoms with Gasteiger partial charge in [0.15, 0.2) is 0 Å². The van der Waals surface area contributed by atoms with Gasteiger partial charge >= 0.3 is 0 Å². The molecule has 0 aliphatic carbocycles. The van der Waals surface area contributed by atoms with Gasteiger partial charge in [-0.2, -0.15) is 0 Å². The van der Waals surface area contributed by atoms with Crippen molar-refractivity contribution in [3.63, 3.8) is 0 Å². The van der Waals surface area contributed by atoms with Gasteiger partial charge in [-0.25, -0.2) is 5.48 Å². The zero-order valence-electron chi connectivity index (χ0n) is 15.1. The molecular formula is C17H31N3O4. The highest BCUT2D eigenvalue weighted by Gasteiger charge is 2.36. The number of hydrogen-bond acceptors (Lipinski definition) is 4. The van der Waals surface area contributed by atoms with Gasteiger partial charge in [0.1, 0.15) is 6.04 Å². The molecule has 0 radical (unpaired) electrons. The van der Waals surface area contributed by atoms with Gasteiger partial charge in [0, 0.05) is 33.0 Å². The molecule has 7 nitrogen and oxygen atoms in total. The van der Waals surface area contributed by atoms with Crippen LogP contribution in [-0.2, 0) is 14.4 Å². The van der Waals surface area contributed by atoms with Crippen LogP contribution in [-0.4, -0.2) is 59.4 Å². The minimum absolute atomic E-state index is 0.0432. The molecular weight excluding hydrogens is 310 g/mol. The molecule has 138 valence electrons.